The molecule has 0 bridgehead atoms. The molecule has 2 rings (SSSR count). The van der Waals surface area contributed by atoms with Crippen LogP contribution in [0, 0.1) is 5.92 Å². The Balaban J connectivity index is 1.83. The van der Waals surface area contributed by atoms with Crippen LogP contribution in [-0.2, 0) is 11.3 Å². The van der Waals surface area contributed by atoms with E-state index in [1.165, 1.54) is 5.56 Å². The summed E-state index contributed by atoms with van der Waals surface area (Å²) in [4.78, 5) is 2.42. The molecule has 18 heavy (non-hydrogen) atoms. The highest BCUT2D eigenvalue weighted by atomic mass is 16.5. The van der Waals surface area contributed by atoms with Crippen molar-refractivity contribution >= 4 is 0 Å². The first-order valence-electron chi connectivity index (χ1n) is 6.76. The van der Waals surface area contributed by atoms with Gasteiger partial charge in [-0.05, 0) is 23.6 Å². The fraction of sp³-hybridized carbons (Fsp3) is 0.600. The second kappa shape index (κ2) is 6.76. The van der Waals surface area contributed by atoms with Gasteiger partial charge in [0.1, 0.15) is 5.75 Å². The molecule has 1 fully saturated rings. The van der Waals surface area contributed by atoms with Gasteiger partial charge in [-0.15, -0.1) is 0 Å². The van der Waals surface area contributed by atoms with E-state index in [0.717, 1.165) is 45.2 Å². The lowest BCUT2D eigenvalue weighted by Gasteiger charge is -2.26. The second-order valence-electron chi connectivity index (χ2n) is 5.24. The van der Waals surface area contributed by atoms with E-state index in [1.54, 1.807) is 0 Å². The van der Waals surface area contributed by atoms with E-state index < -0.39 is 0 Å². The zero-order chi connectivity index (χ0) is 12.8. The van der Waals surface area contributed by atoms with Crippen molar-refractivity contribution in [2.24, 2.45) is 5.92 Å². The molecule has 0 N–H and O–H groups in total. The zero-order valence-corrected chi connectivity index (χ0v) is 11.4. The van der Waals surface area contributed by atoms with Crippen LogP contribution in [0.25, 0.3) is 0 Å². The number of hydrogen-bond donors (Lipinski definition) is 0. The number of hydrogen-bond acceptors (Lipinski definition) is 3. The van der Waals surface area contributed by atoms with Crippen LogP contribution in [-0.4, -0.2) is 37.8 Å². The van der Waals surface area contributed by atoms with Crippen LogP contribution in [0.15, 0.2) is 24.3 Å². The number of benzene rings is 1. The molecule has 3 heteroatoms. The van der Waals surface area contributed by atoms with Gasteiger partial charge in [0.25, 0.3) is 0 Å². The third-order valence-corrected chi connectivity index (χ3v) is 3.02. The fourth-order valence-electron chi connectivity index (χ4n) is 1.97. The van der Waals surface area contributed by atoms with Crippen molar-refractivity contribution in [3.05, 3.63) is 29.8 Å². The average molecular weight is 249 g/mol. The summed E-state index contributed by atoms with van der Waals surface area (Å²) in [5.41, 5.74) is 1.34. The summed E-state index contributed by atoms with van der Waals surface area (Å²) in [7, 11) is 0. The monoisotopic (exact) mass is 249 g/mol. The van der Waals surface area contributed by atoms with Crippen molar-refractivity contribution in [3.63, 3.8) is 0 Å². The van der Waals surface area contributed by atoms with Gasteiger partial charge in [-0.3, -0.25) is 4.90 Å². The van der Waals surface area contributed by atoms with Gasteiger partial charge in [-0.2, -0.15) is 0 Å². The Morgan fingerprint density at radius 3 is 2.44 bits per heavy atom. The van der Waals surface area contributed by atoms with E-state index in [-0.39, 0.29) is 0 Å². The van der Waals surface area contributed by atoms with Gasteiger partial charge >= 0.3 is 0 Å². The molecule has 1 aromatic rings. The molecule has 0 unspecified atom stereocenters. The molecule has 3 nitrogen and oxygen atoms in total. The minimum Gasteiger partial charge on any atom is -0.493 e. The van der Waals surface area contributed by atoms with E-state index in [2.05, 4.69) is 43.0 Å². The van der Waals surface area contributed by atoms with E-state index in [4.69, 9.17) is 9.47 Å². The maximum absolute atomic E-state index is 5.68. The van der Waals surface area contributed by atoms with Crippen molar-refractivity contribution in [1.82, 2.24) is 4.90 Å². The molecule has 0 radical (unpaired) electrons. The average Bonchev–Trinajstić information content (AvgIpc) is 2.39. The normalized spacial score (nSPS) is 17.1. The largest absolute Gasteiger partial charge is 0.493 e. The molecule has 0 aliphatic carbocycles. The van der Waals surface area contributed by atoms with Crippen molar-refractivity contribution in [3.8, 4) is 5.75 Å². The number of rotatable bonds is 5. The van der Waals surface area contributed by atoms with Gasteiger partial charge in [-0.1, -0.05) is 26.0 Å². The maximum atomic E-state index is 5.68. The van der Waals surface area contributed by atoms with E-state index in [1.807, 2.05) is 0 Å². The third-order valence-electron chi connectivity index (χ3n) is 3.02. The van der Waals surface area contributed by atoms with Crippen LogP contribution < -0.4 is 4.74 Å². The van der Waals surface area contributed by atoms with E-state index >= 15 is 0 Å². The molecule has 0 amide bonds. The molecule has 0 spiro atoms. The molecular formula is C15H23NO2. The molecule has 1 heterocycles. The Bertz CT molecular complexity index is 342. The lowest BCUT2D eigenvalue weighted by Crippen LogP contribution is -2.35. The Hall–Kier alpha value is -1.06. The third kappa shape index (κ3) is 4.31. The van der Waals surface area contributed by atoms with Gasteiger partial charge < -0.3 is 9.47 Å². The predicted octanol–water partition coefficient (Wildman–Crippen LogP) is 2.55. The summed E-state index contributed by atoms with van der Waals surface area (Å²) in [5.74, 6) is 1.53. The van der Waals surface area contributed by atoms with Crippen LogP contribution >= 0.6 is 0 Å². The summed E-state index contributed by atoms with van der Waals surface area (Å²) in [6, 6.07) is 8.45. The Kier molecular flexibility index (Phi) is 5.02. The summed E-state index contributed by atoms with van der Waals surface area (Å²) in [6.45, 7) is 9.89. The van der Waals surface area contributed by atoms with Gasteiger partial charge in [0.05, 0.1) is 19.8 Å². The van der Waals surface area contributed by atoms with Crippen LogP contribution in [0.4, 0.5) is 0 Å². The minimum absolute atomic E-state index is 0.568. The topological polar surface area (TPSA) is 21.7 Å². The molecular weight excluding hydrogens is 226 g/mol. The molecule has 0 atom stereocenters. The summed E-state index contributed by atoms with van der Waals surface area (Å²) >= 11 is 0. The molecule has 1 aliphatic rings. The lowest BCUT2D eigenvalue weighted by atomic mass is 10.2. The van der Waals surface area contributed by atoms with Crippen molar-refractivity contribution in [1.29, 1.82) is 0 Å². The first-order valence-corrected chi connectivity index (χ1v) is 6.76. The number of morpholine rings is 1. The number of nitrogens with zero attached hydrogens (tertiary/aromatic N) is 1. The second-order valence-corrected chi connectivity index (χ2v) is 5.24. The van der Waals surface area contributed by atoms with Gasteiger partial charge in [-0.25, -0.2) is 0 Å². The first kappa shape index (κ1) is 13.4. The SMILES string of the molecule is CC(C)COc1ccc(CN2CCOCC2)cc1. The Morgan fingerprint density at radius 1 is 1.17 bits per heavy atom. The van der Waals surface area contributed by atoms with E-state index in [0.29, 0.717) is 5.92 Å². The van der Waals surface area contributed by atoms with Crippen molar-refractivity contribution < 1.29 is 9.47 Å². The van der Waals surface area contributed by atoms with Crippen LogP contribution in [0.1, 0.15) is 19.4 Å². The Morgan fingerprint density at radius 2 is 1.83 bits per heavy atom. The van der Waals surface area contributed by atoms with Crippen molar-refractivity contribution in [2.75, 3.05) is 32.9 Å². The lowest BCUT2D eigenvalue weighted by molar-refractivity contribution is 0.0342. The maximum Gasteiger partial charge on any atom is 0.119 e. The minimum atomic E-state index is 0.568. The van der Waals surface area contributed by atoms with Crippen molar-refractivity contribution in [2.45, 2.75) is 20.4 Å². The van der Waals surface area contributed by atoms with Gasteiger partial charge in [0.2, 0.25) is 0 Å². The van der Waals surface area contributed by atoms with Gasteiger partial charge in [0, 0.05) is 19.6 Å². The summed E-state index contributed by atoms with van der Waals surface area (Å²) in [6.07, 6.45) is 0. The molecule has 1 aromatic carbocycles. The smallest absolute Gasteiger partial charge is 0.119 e. The molecule has 0 aromatic heterocycles. The van der Waals surface area contributed by atoms with Crippen LogP contribution in [0.3, 0.4) is 0 Å². The summed E-state index contributed by atoms with van der Waals surface area (Å²) < 4.78 is 11.0. The van der Waals surface area contributed by atoms with Gasteiger partial charge in [0.15, 0.2) is 0 Å². The highest BCUT2D eigenvalue weighted by molar-refractivity contribution is 5.27. The predicted molar refractivity (Wildman–Crippen MR) is 72.9 cm³/mol. The number of ether oxygens (including phenoxy) is 2. The van der Waals surface area contributed by atoms with E-state index in [9.17, 15) is 0 Å². The Labute approximate surface area is 110 Å². The molecule has 1 aliphatic heterocycles. The first-order chi connectivity index (χ1) is 8.74. The highest BCUT2D eigenvalue weighted by Gasteiger charge is 2.10. The molecule has 0 saturated carbocycles. The standard InChI is InChI=1S/C15H23NO2/c1-13(2)12-18-15-5-3-14(4-6-15)11-16-7-9-17-10-8-16/h3-6,13H,7-12H2,1-2H3. The highest BCUT2D eigenvalue weighted by Crippen LogP contribution is 2.15. The quantitative estimate of drug-likeness (QED) is 0.800. The zero-order valence-electron chi connectivity index (χ0n) is 11.4. The van der Waals surface area contributed by atoms with Crippen LogP contribution in [0.2, 0.25) is 0 Å². The van der Waals surface area contributed by atoms with Crippen LogP contribution in [0.5, 0.6) is 5.75 Å². The fourth-order valence-corrected chi connectivity index (χ4v) is 1.97. The summed E-state index contributed by atoms with van der Waals surface area (Å²) in [5, 5.41) is 0. The molecule has 1 saturated heterocycles. The molecule has 100 valence electrons.